The molecule has 1 N–H and O–H groups in total. The van der Waals surface area contributed by atoms with E-state index in [1.54, 1.807) is 25.3 Å². The minimum atomic E-state index is -0.603. The van der Waals surface area contributed by atoms with Gasteiger partial charge >= 0.3 is 0 Å². The van der Waals surface area contributed by atoms with Crippen molar-refractivity contribution in [1.82, 2.24) is 9.36 Å². The van der Waals surface area contributed by atoms with E-state index in [-0.39, 0.29) is 18.8 Å². The highest BCUT2D eigenvalue weighted by molar-refractivity contribution is 7.98. The zero-order valence-corrected chi connectivity index (χ0v) is 21.7. The molecule has 1 heterocycles. The lowest BCUT2D eigenvalue weighted by molar-refractivity contribution is -0.112. The second-order valence-electron chi connectivity index (χ2n) is 6.84. The SMILES string of the molecule is COc1cccc(OCCOc2c(OC)cc(C=C(C#N)C(=O)Nc3nc(SC)ns3)cc2OC)c1. The van der Waals surface area contributed by atoms with Crippen LogP contribution in [0.4, 0.5) is 5.13 Å². The van der Waals surface area contributed by atoms with Crippen LogP contribution in [0.3, 0.4) is 0 Å². The van der Waals surface area contributed by atoms with Crippen molar-refractivity contribution in [3.8, 4) is 34.8 Å². The van der Waals surface area contributed by atoms with Gasteiger partial charge in [0.2, 0.25) is 16.0 Å². The van der Waals surface area contributed by atoms with Crippen molar-refractivity contribution in [2.75, 3.05) is 46.1 Å². The second-order valence-corrected chi connectivity index (χ2v) is 8.37. The van der Waals surface area contributed by atoms with Crippen LogP contribution < -0.4 is 29.0 Å². The first-order chi connectivity index (χ1) is 17.5. The lowest BCUT2D eigenvalue weighted by Gasteiger charge is -2.16. The Morgan fingerprint density at radius 2 is 1.78 bits per heavy atom. The summed E-state index contributed by atoms with van der Waals surface area (Å²) in [5.74, 6) is 1.85. The molecule has 12 heteroatoms. The molecule has 0 aliphatic rings. The summed E-state index contributed by atoms with van der Waals surface area (Å²) >= 11 is 2.39. The molecule has 0 radical (unpaired) electrons. The average Bonchev–Trinajstić information content (AvgIpc) is 3.37. The van der Waals surface area contributed by atoms with Crippen LogP contribution >= 0.6 is 23.3 Å². The highest BCUT2D eigenvalue weighted by Crippen LogP contribution is 2.39. The Hall–Kier alpha value is -3.95. The fourth-order valence-corrected chi connectivity index (χ4v) is 4.06. The second kappa shape index (κ2) is 13.2. The zero-order valence-electron chi connectivity index (χ0n) is 20.1. The molecule has 188 valence electrons. The summed E-state index contributed by atoms with van der Waals surface area (Å²) in [6.07, 6.45) is 3.25. The Labute approximate surface area is 217 Å². The number of nitrogens with zero attached hydrogens (tertiary/aromatic N) is 3. The quantitative estimate of drug-likeness (QED) is 0.157. The molecule has 0 aliphatic heterocycles. The number of hydrogen-bond acceptors (Lipinski definition) is 11. The number of nitriles is 1. The van der Waals surface area contributed by atoms with Crippen molar-refractivity contribution in [3.63, 3.8) is 0 Å². The Morgan fingerprint density at radius 1 is 1.08 bits per heavy atom. The molecule has 0 atom stereocenters. The number of rotatable bonds is 12. The minimum absolute atomic E-state index is 0.125. The molecule has 10 nitrogen and oxygen atoms in total. The van der Waals surface area contributed by atoms with E-state index in [1.807, 2.05) is 30.5 Å². The summed E-state index contributed by atoms with van der Waals surface area (Å²) in [6, 6.07) is 12.4. The van der Waals surface area contributed by atoms with E-state index in [4.69, 9.17) is 23.7 Å². The van der Waals surface area contributed by atoms with Crippen LogP contribution in [0.25, 0.3) is 6.08 Å². The Bertz CT molecular complexity index is 1250. The van der Waals surface area contributed by atoms with Gasteiger partial charge in [0.25, 0.3) is 5.91 Å². The lowest BCUT2D eigenvalue weighted by Crippen LogP contribution is -2.13. The monoisotopic (exact) mass is 528 g/mol. The molecule has 0 unspecified atom stereocenters. The average molecular weight is 529 g/mol. The van der Waals surface area contributed by atoms with Gasteiger partial charge in [-0.15, -0.1) is 0 Å². The third-order valence-electron chi connectivity index (χ3n) is 4.61. The number of carbonyl (C=O) groups excluding carboxylic acids is 1. The van der Waals surface area contributed by atoms with Gasteiger partial charge in [0.1, 0.15) is 36.4 Å². The molecule has 3 aromatic rings. The largest absolute Gasteiger partial charge is 0.497 e. The first-order valence-corrected chi connectivity index (χ1v) is 12.5. The summed E-state index contributed by atoms with van der Waals surface area (Å²) in [4.78, 5) is 16.7. The predicted octanol–water partition coefficient (Wildman–Crippen LogP) is 4.29. The molecule has 1 aromatic heterocycles. The van der Waals surface area contributed by atoms with Crippen molar-refractivity contribution in [2.45, 2.75) is 5.16 Å². The maximum Gasteiger partial charge on any atom is 0.268 e. The van der Waals surface area contributed by atoms with Crippen molar-refractivity contribution in [3.05, 3.63) is 47.5 Å². The molecular weight excluding hydrogens is 504 g/mol. The van der Waals surface area contributed by atoms with Gasteiger partial charge in [-0.05, 0) is 42.2 Å². The maximum atomic E-state index is 12.6. The van der Waals surface area contributed by atoms with Gasteiger partial charge in [0, 0.05) is 17.6 Å². The number of nitrogens with one attached hydrogen (secondary N) is 1. The molecule has 0 aliphatic carbocycles. The Morgan fingerprint density at radius 3 is 2.39 bits per heavy atom. The number of thioether (sulfide) groups is 1. The fraction of sp³-hybridized carbons (Fsp3) is 0.250. The maximum absolute atomic E-state index is 12.6. The summed E-state index contributed by atoms with van der Waals surface area (Å²) in [5.41, 5.74) is 0.387. The Balaban J connectivity index is 1.72. The highest BCUT2D eigenvalue weighted by atomic mass is 32.2. The topological polar surface area (TPSA) is 125 Å². The van der Waals surface area contributed by atoms with Crippen LogP contribution in [0.5, 0.6) is 28.7 Å². The molecule has 36 heavy (non-hydrogen) atoms. The van der Waals surface area contributed by atoms with Gasteiger partial charge in [-0.1, -0.05) is 17.8 Å². The van der Waals surface area contributed by atoms with Gasteiger partial charge in [0.15, 0.2) is 11.5 Å². The fourth-order valence-electron chi connectivity index (χ4n) is 2.94. The first-order valence-electron chi connectivity index (χ1n) is 10.5. The number of anilines is 1. The lowest BCUT2D eigenvalue weighted by atomic mass is 10.1. The molecule has 0 spiro atoms. The number of amides is 1. The summed E-state index contributed by atoms with van der Waals surface area (Å²) in [5, 5.41) is 13.0. The number of ether oxygens (including phenoxy) is 5. The molecule has 0 saturated heterocycles. The minimum Gasteiger partial charge on any atom is -0.497 e. The summed E-state index contributed by atoms with van der Waals surface area (Å²) < 4.78 is 31.8. The van der Waals surface area contributed by atoms with E-state index in [2.05, 4.69) is 14.7 Å². The first kappa shape index (κ1) is 26.7. The van der Waals surface area contributed by atoms with Gasteiger partial charge in [-0.25, -0.2) is 0 Å². The van der Waals surface area contributed by atoms with Gasteiger partial charge in [-0.3, -0.25) is 10.1 Å². The van der Waals surface area contributed by atoms with E-state index in [0.717, 1.165) is 11.5 Å². The van der Waals surface area contributed by atoms with E-state index >= 15 is 0 Å². The highest BCUT2D eigenvalue weighted by Gasteiger charge is 2.17. The van der Waals surface area contributed by atoms with Gasteiger partial charge < -0.3 is 23.7 Å². The van der Waals surface area contributed by atoms with Crippen LogP contribution in [-0.4, -0.2) is 56.1 Å². The third kappa shape index (κ3) is 7.03. The number of benzene rings is 2. The van der Waals surface area contributed by atoms with E-state index in [0.29, 0.717) is 44.6 Å². The smallest absolute Gasteiger partial charge is 0.268 e. The normalized spacial score (nSPS) is 10.8. The Kier molecular flexibility index (Phi) is 9.79. The summed E-state index contributed by atoms with van der Waals surface area (Å²) in [7, 11) is 4.56. The molecule has 0 saturated carbocycles. The number of hydrogen-bond donors (Lipinski definition) is 1. The van der Waals surface area contributed by atoms with Gasteiger partial charge in [0.05, 0.1) is 21.3 Å². The molecular formula is C24H24N4O6S2. The van der Waals surface area contributed by atoms with Gasteiger partial charge in [-0.2, -0.15) is 14.6 Å². The van der Waals surface area contributed by atoms with E-state index in [1.165, 1.54) is 32.1 Å². The third-order valence-corrected chi connectivity index (χ3v) is 5.90. The number of carbonyl (C=O) groups is 1. The molecule has 3 rings (SSSR count). The van der Waals surface area contributed by atoms with Crippen molar-refractivity contribution < 1.29 is 28.5 Å². The van der Waals surface area contributed by atoms with Crippen LogP contribution in [0.15, 0.2) is 47.1 Å². The molecule has 0 fully saturated rings. The van der Waals surface area contributed by atoms with Crippen molar-refractivity contribution in [2.24, 2.45) is 0 Å². The molecule has 1 amide bonds. The number of aromatic nitrogens is 2. The van der Waals surface area contributed by atoms with Crippen LogP contribution in [-0.2, 0) is 4.79 Å². The summed E-state index contributed by atoms with van der Waals surface area (Å²) in [6.45, 7) is 0.481. The van der Waals surface area contributed by atoms with E-state index in [9.17, 15) is 10.1 Å². The van der Waals surface area contributed by atoms with Crippen molar-refractivity contribution in [1.29, 1.82) is 5.26 Å². The van der Waals surface area contributed by atoms with E-state index < -0.39 is 5.91 Å². The molecule has 2 aromatic carbocycles. The van der Waals surface area contributed by atoms with Crippen molar-refractivity contribution >= 4 is 40.4 Å². The van der Waals surface area contributed by atoms with Crippen LogP contribution in [0, 0.1) is 11.3 Å². The standard InChI is InChI=1S/C24H24N4O6S2/c1-30-17-6-5-7-18(13-17)33-8-9-34-21-19(31-2)11-15(12-20(21)32-3)10-16(14-25)22(29)26-23-27-24(35-4)28-36-23/h5-7,10-13H,8-9H2,1-4H3,(H,26,27,28,29). The van der Waals surface area contributed by atoms with Crippen LogP contribution in [0.1, 0.15) is 5.56 Å². The number of methoxy groups -OCH3 is 3. The van der Waals surface area contributed by atoms with Crippen LogP contribution in [0.2, 0.25) is 0 Å². The predicted molar refractivity (Wildman–Crippen MR) is 137 cm³/mol. The molecule has 0 bridgehead atoms. The zero-order chi connectivity index (χ0) is 25.9.